The Kier molecular flexibility index (Phi) is 7.09. The summed E-state index contributed by atoms with van der Waals surface area (Å²) < 4.78 is 8.20. The Morgan fingerprint density at radius 1 is 0.941 bits per heavy atom. The van der Waals surface area contributed by atoms with E-state index in [2.05, 4.69) is 53.8 Å². The van der Waals surface area contributed by atoms with Crippen LogP contribution in [0.15, 0.2) is 113 Å². The second-order valence-electron chi connectivity index (χ2n) is 8.35. The van der Waals surface area contributed by atoms with Gasteiger partial charge in [0.2, 0.25) is 0 Å². The molecular formula is C28H29N3O3. The van der Waals surface area contributed by atoms with Gasteiger partial charge >= 0.3 is 5.69 Å². The highest BCUT2D eigenvalue weighted by atomic mass is 16.5. The molecule has 0 unspecified atom stereocenters. The zero-order valence-electron chi connectivity index (χ0n) is 19.4. The molecule has 2 aromatic carbocycles. The second-order valence-corrected chi connectivity index (χ2v) is 8.35. The summed E-state index contributed by atoms with van der Waals surface area (Å²) in [5, 5.41) is 0. The molecule has 1 aromatic heterocycles. The molecule has 0 saturated heterocycles. The van der Waals surface area contributed by atoms with E-state index >= 15 is 0 Å². The van der Waals surface area contributed by atoms with Crippen LogP contribution >= 0.6 is 0 Å². The van der Waals surface area contributed by atoms with Crippen LogP contribution in [-0.2, 0) is 16.9 Å². The monoisotopic (exact) mass is 455 g/mol. The molecule has 1 aliphatic rings. The molecule has 2 heterocycles. The number of rotatable bonds is 8. The van der Waals surface area contributed by atoms with Crippen LogP contribution in [0.3, 0.4) is 0 Å². The largest absolute Gasteiger partial charge is 0.361 e. The van der Waals surface area contributed by atoms with Crippen molar-refractivity contribution in [2.24, 2.45) is 5.92 Å². The predicted octanol–water partition coefficient (Wildman–Crippen LogP) is 3.95. The van der Waals surface area contributed by atoms with E-state index in [1.54, 1.807) is 13.1 Å². The van der Waals surface area contributed by atoms with Gasteiger partial charge in [0.1, 0.15) is 5.60 Å². The highest BCUT2D eigenvalue weighted by Gasteiger charge is 2.41. The van der Waals surface area contributed by atoms with E-state index in [0.717, 1.165) is 11.1 Å². The van der Waals surface area contributed by atoms with Crippen LogP contribution in [0.2, 0.25) is 0 Å². The number of benzene rings is 2. The van der Waals surface area contributed by atoms with Crippen molar-refractivity contribution in [1.29, 1.82) is 0 Å². The molecule has 3 aromatic rings. The van der Waals surface area contributed by atoms with E-state index in [-0.39, 0.29) is 11.5 Å². The molecule has 1 aliphatic heterocycles. The van der Waals surface area contributed by atoms with Gasteiger partial charge in [0.25, 0.3) is 5.56 Å². The molecule has 174 valence electrons. The molecule has 6 nitrogen and oxygen atoms in total. The molecule has 0 bridgehead atoms. The third-order valence-corrected chi connectivity index (χ3v) is 6.00. The van der Waals surface area contributed by atoms with Gasteiger partial charge in [-0.1, -0.05) is 85.0 Å². The third kappa shape index (κ3) is 4.87. The quantitative estimate of drug-likeness (QED) is 0.523. The smallest absolute Gasteiger partial charge is 0.328 e. The zero-order valence-corrected chi connectivity index (χ0v) is 19.4. The highest BCUT2D eigenvalue weighted by Crippen LogP contribution is 2.43. The van der Waals surface area contributed by atoms with Crippen molar-refractivity contribution >= 4 is 0 Å². The minimum Gasteiger partial charge on any atom is -0.361 e. The molecule has 0 fully saturated rings. The number of hydrogen-bond acceptors (Lipinski definition) is 4. The van der Waals surface area contributed by atoms with Crippen molar-refractivity contribution in [2.45, 2.75) is 19.1 Å². The number of aromatic amines is 1. The Hall–Kier alpha value is -3.90. The number of aryl methyl sites for hydroxylation is 1. The fraction of sp³-hybridized carbons (Fsp3) is 0.214. The summed E-state index contributed by atoms with van der Waals surface area (Å²) in [5.74, 6) is -0.0219. The van der Waals surface area contributed by atoms with E-state index in [0.29, 0.717) is 18.7 Å². The third-order valence-electron chi connectivity index (χ3n) is 6.00. The first-order valence-electron chi connectivity index (χ1n) is 11.3. The van der Waals surface area contributed by atoms with Crippen molar-refractivity contribution in [2.75, 3.05) is 13.7 Å². The molecule has 0 amide bonds. The van der Waals surface area contributed by atoms with E-state index in [1.165, 1.54) is 4.57 Å². The van der Waals surface area contributed by atoms with Crippen LogP contribution in [0.5, 0.6) is 0 Å². The molecular weight excluding hydrogens is 426 g/mol. The van der Waals surface area contributed by atoms with Gasteiger partial charge in [-0.05, 0) is 30.5 Å². The summed E-state index contributed by atoms with van der Waals surface area (Å²) >= 11 is 0. The lowest BCUT2D eigenvalue weighted by Gasteiger charge is -2.40. The summed E-state index contributed by atoms with van der Waals surface area (Å²) in [6, 6.07) is 20.5. The molecule has 0 aliphatic carbocycles. The number of ether oxygens (including phenoxy) is 1. The van der Waals surface area contributed by atoms with Gasteiger partial charge < -0.3 is 9.64 Å². The number of aromatic nitrogens is 2. The van der Waals surface area contributed by atoms with Gasteiger partial charge in [0.05, 0.1) is 6.61 Å². The lowest BCUT2D eigenvalue weighted by molar-refractivity contribution is -0.0229. The van der Waals surface area contributed by atoms with E-state index in [9.17, 15) is 9.59 Å². The van der Waals surface area contributed by atoms with Gasteiger partial charge in [-0.3, -0.25) is 14.3 Å². The van der Waals surface area contributed by atoms with Gasteiger partial charge in [-0.25, -0.2) is 4.79 Å². The van der Waals surface area contributed by atoms with Gasteiger partial charge in [0.15, 0.2) is 0 Å². The molecule has 6 heteroatoms. The Labute approximate surface area is 199 Å². The number of nitrogens with one attached hydrogen (secondary N) is 1. The topological polar surface area (TPSA) is 67.3 Å². The van der Waals surface area contributed by atoms with Crippen LogP contribution in [0, 0.1) is 12.8 Å². The normalized spacial score (nSPS) is 14.2. The molecule has 0 atom stereocenters. The van der Waals surface area contributed by atoms with Crippen LogP contribution in [-0.4, -0.2) is 28.1 Å². The first-order chi connectivity index (χ1) is 16.5. The average molecular weight is 456 g/mol. The fourth-order valence-corrected chi connectivity index (χ4v) is 4.22. The first-order valence-corrected chi connectivity index (χ1v) is 11.3. The van der Waals surface area contributed by atoms with E-state index < -0.39 is 11.3 Å². The molecule has 0 saturated carbocycles. The lowest BCUT2D eigenvalue weighted by Crippen LogP contribution is -2.39. The maximum Gasteiger partial charge on any atom is 0.328 e. The first kappa shape index (κ1) is 23.3. The van der Waals surface area contributed by atoms with Crippen LogP contribution in [0.4, 0.5) is 0 Å². The van der Waals surface area contributed by atoms with Crippen molar-refractivity contribution < 1.29 is 4.74 Å². The summed E-state index contributed by atoms with van der Waals surface area (Å²) in [6.45, 7) is 2.37. The Balaban J connectivity index is 1.65. The van der Waals surface area contributed by atoms with E-state index in [4.69, 9.17) is 4.74 Å². The summed E-state index contributed by atoms with van der Waals surface area (Å²) in [6.07, 6.45) is 13.8. The van der Waals surface area contributed by atoms with Crippen LogP contribution in [0.1, 0.15) is 16.7 Å². The molecule has 4 rings (SSSR count). The standard InChI is InChI=1S/C28H29N3O3/c1-22-21-31(27(33)29-26(22)32)17-9-10-20-34-28(23-11-5-3-6-12-23,24-13-7-4-8-14-24)25-15-18-30(2)19-16-25/h3-16,18-19,21,25H,17,20H2,1-2H3,(H,29,32,33)/b10-9-. The minimum absolute atomic E-state index is 0.0219. The Bertz CT molecular complexity index is 1250. The van der Waals surface area contributed by atoms with Gasteiger partial charge in [-0.15, -0.1) is 0 Å². The number of allylic oxidation sites excluding steroid dienone is 1. The van der Waals surface area contributed by atoms with Crippen molar-refractivity contribution in [3.05, 3.63) is 141 Å². The van der Waals surface area contributed by atoms with Crippen molar-refractivity contribution in [3.63, 3.8) is 0 Å². The van der Waals surface area contributed by atoms with Gasteiger partial charge in [-0.2, -0.15) is 0 Å². The minimum atomic E-state index is -0.730. The molecule has 0 radical (unpaired) electrons. The molecule has 0 spiro atoms. The zero-order chi connectivity index (χ0) is 24.0. The maximum absolute atomic E-state index is 12.0. The number of nitrogens with zero attached hydrogens (tertiary/aromatic N) is 2. The molecule has 1 N–H and O–H groups in total. The highest BCUT2D eigenvalue weighted by molar-refractivity contribution is 5.41. The Morgan fingerprint density at radius 2 is 1.53 bits per heavy atom. The van der Waals surface area contributed by atoms with Crippen molar-refractivity contribution in [3.8, 4) is 0 Å². The van der Waals surface area contributed by atoms with Gasteiger partial charge in [0, 0.05) is 31.3 Å². The second kappa shape index (κ2) is 10.4. The summed E-state index contributed by atoms with van der Waals surface area (Å²) in [4.78, 5) is 28.0. The SMILES string of the molecule is Cc1cn(C/C=C\COC(c2ccccc2)(c2ccccc2)C2C=CN(C)C=C2)c(=O)[nH]c1=O. The Morgan fingerprint density at radius 3 is 2.12 bits per heavy atom. The maximum atomic E-state index is 12.0. The van der Waals surface area contributed by atoms with Crippen LogP contribution in [0.25, 0.3) is 0 Å². The average Bonchev–Trinajstić information content (AvgIpc) is 2.86. The summed E-state index contributed by atoms with van der Waals surface area (Å²) in [7, 11) is 2.00. The van der Waals surface area contributed by atoms with Crippen molar-refractivity contribution in [1.82, 2.24) is 14.5 Å². The molecule has 34 heavy (non-hydrogen) atoms. The van der Waals surface area contributed by atoms with E-state index in [1.807, 2.05) is 60.5 Å². The van der Waals surface area contributed by atoms with Crippen LogP contribution < -0.4 is 11.2 Å². The lowest BCUT2D eigenvalue weighted by atomic mass is 9.75. The summed E-state index contributed by atoms with van der Waals surface area (Å²) in [5.41, 5.74) is 1.11. The number of H-pyrrole nitrogens is 1. The fourth-order valence-electron chi connectivity index (χ4n) is 4.22. The predicted molar refractivity (Wildman–Crippen MR) is 134 cm³/mol. The number of hydrogen-bond donors (Lipinski definition) is 1.